The summed E-state index contributed by atoms with van der Waals surface area (Å²) in [6, 6.07) is 8.16. The van der Waals surface area contributed by atoms with Crippen LogP contribution in [-0.2, 0) is 27.4 Å². The third-order valence-electron chi connectivity index (χ3n) is 4.78. The number of carbonyl (C=O) groups excluding carboxylic acids is 1. The first-order valence-electron chi connectivity index (χ1n) is 9.52. The quantitative estimate of drug-likeness (QED) is 0.611. The molecule has 2 heterocycles. The number of methoxy groups -OCH3 is 1. The molecule has 0 bridgehead atoms. The number of aromatic nitrogens is 2. The van der Waals surface area contributed by atoms with Gasteiger partial charge in [-0.1, -0.05) is 12.1 Å². The summed E-state index contributed by atoms with van der Waals surface area (Å²) in [5.74, 6) is -0.417. The van der Waals surface area contributed by atoms with E-state index in [0.717, 1.165) is 12.1 Å². The molecule has 9 heteroatoms. The molecule has 0 radical (unpaired) electrons. The highest BCUT2D eigenvalue weighted by Gasteiger charge is 2.37. The second kappa shape index (κ2) is 10.3. The van der Waals surface area contributed by atoms with Crippen molar-refractivity contribution in [1.29, 1.82) is 0 Å². The Morgan fingerprint density at radius 3 is 3.07 bits per heavy atom. The molecule has 7 nitrogen and oxygen atoms in total. The van der Waals surface area contributed by atoms with Gasteiger partial charge in [-0.3, -0.25) is 9.48 Å². The van der Waals surface area contributed by atoms with E-state index in [9.17, 15) is 13.6 Å². The molecule has 3 rings (SSSR count). The molecular weight excluding hydrogens is 384 g/mol. The van der Waals surface area contributed by atoms with E-state index in [1.807, 2.05) is 10.7 Å². The standard InChI is InChI=1S/C20H25F2N3O4/c1-27-10-3-9-25-17(6-8-24-25)18-16(7-11-28-18)19(26)23-13-14-4-2-5-15(12-14)29-20(21)22/h2,4-6,8,12,16,18,20H,3,7,9-11,13H2,1H3,(H,23,26)/t16-,18-/m0/s1. The molecule has 0 unspecified atom stereocenters. The summed E-state index contributed by atoms with van der Waals surface area (Å²) < 4.78 is 41.9. The predicted octanol–water partition coefficient (Wildman–Crippen LogP) is 2.92. The number of hydrogen-bond donors (Lipinski definition) is 1. The second-order valence-electron chi connectivity index (χ2n) is 6.76. The number of amides is 1. The van der Waals surface area contributed by atoms with Gasteiger partial charge in [0.15, 0.2) is 0 Å². The van der Waals surface area contributed by atoms with Gasteiger partial charge in [-0.05, 0) is 36.6 Å². The van der Waals surface area contributed by atoms with Crippen LogP contribution in [0.5, 0.6) is 5.75 Å². The molecule has 0 saturated carbocycles. The van der Waals surface area contributed by atoms with E-state index in [4.69, 9.17) is 9.47 Å². The molecule has 1 amide bonds. The maximum atomic E-state index is 12.8. The largest absolute Gasteiger partial charge is 0.435 e. The summed E-state index contributed by atoms with van der Waals surface area (Å²) in [6.07, 6.45) is 2.75. The Kier molecular flexibility index (Phi) is 7.54. The Hall–Kier alpha value is -2.52. The van der Waals surface area contributed by atoms with E-state index in [-0.39, 0.29) is 30.2 Å². The Labute approximate surface area is 167 Å². The lowest BCUT2D eigenvalue weighted by atomic mass is 9.97. The minimum absolute atomic E-state index is 0.0637. The van der Waals surface area contributed by atoms with E-state index >= 15 is 0 Å². The minimum atomic E-state index is -2.88. The topological polar surface area (TPSA) is 74.6 Å². The Morgan fingerprint density at radius 2 is 2.28 bits per heavy atom. The van der Waals surface area contributed by atoms with Crippen molar-refractivity contribution in [3.63, 3.8) is 0 Å². The SMILES string of the molecule is COCCCn1nccc1[C@H]1OCC[C@@H]1C(=O)NCc1cccc(OC(F)F)c1. The maximum Gasteiger partial charge on any atom is 0.387 e. The Bertz CT molecular complexity index is 800. The molecule has 1 fully saturated rings. The van der Waals surface area contributed by atoms with Gasteiger partial charge in [-0.2, -0.15) is 13.9 Å². The third kappa shape index (κ3) is 5.74. The molecule has 29 heavy (non-hydrogen) atoms. The fourth-order valence-electron chi connectivity index (χ4n) is 3.43. The van der Waals surface area contributed by atoms with Crippen LogP contribution >= 0.6 is 0 Å². The summed E-state index contributed by atoms with van der Waals surface area (Å²) in [4.78, 5) is 12.8. The molecule has 1 N–H and O–H groups in total. The van der Waals surface area contributed by atoms with Crippen molar-refractivity contribution < 1.29 is 27.8 Å². The highest BCUT2D eigenvalue weighted by molar-refractivity contribution is 5.79. The van der Waals surface area contributed by atoms with E-state index in [2.05, 4.69) is 15.2 Å². The lowest BCUT2D eigenvalue weighted by Gasteiger charge is -2.19. The number of aryl methyl sites for hydroxylation is 1. The van der Waals surface area contributed by atoms with Crippen molar-refractivity contribution in [3.05, 3.63) is 47.8 Å². The number of nitrogens with zero attached hydrogens (tertiary/aromatic N) is 2. The summed E-state index contributed by atoms with van der Waals surface area (Å²) in [5.41, 5.74) is 1.54. The van der Waals surface area contributed by atoms with E-state index in [0.29, 0.717) is 31.7 Å². The minimum Gasteiger partial charge on any atom is -0.435 e. The monoisotopic (exact) mass is 409 g/mol. The van der Waals surface area contributed by atoms with Gasteiger partial charge < -0.3 is 19.5 Å². The van der Waals surface area contributed by atoms with Crippen LogP contribution in [0.4, 0.5) is 8.78 Å². The summed E-state index contributed by atoms with van der Waals surface area (Å²) in [6.45, 7) is -0.867. The number of nitrogens with one attached hydrogen (secondary N) is 1. The predicted molar refractivity (Wildman–Crippen MR) is 100 cm³/mol. The number of carbonyl (C=O) groups is 1. The van der Waals surface area contributed by atoms with Gasteiger partial charge in [0, 0.05) is 39.6 Å². The van der Waals surface area contributed by atoms with Crippen LogP contribution in [0.3, 0.4) is 0 Å². The maximum absolute atomic E-state index is 12.8. The smallest absolute Gasteiger partial charge is 0.387 e. The lowest BCUT2D eigenvalue weighted by Crippen LogP contribution is -2.32. The van der Waals surface area contributed by atoms with Gasteiger partial charge in [-0.25, -0.2) is 0 Å². The van der Waals surface area contributed by atoms with Crippen molar-refractivity contribution in [1.82, 2.24) is 15.1 Å². The van der Waals surface area contributed by atoms with Crippen molar-refractivity contribution in [2.24, 2.45) is 5.92 Å². The number of ether oxygens (including phenoxy) is 3. The van der Waals surface area contributed by atoms with Crippen molar-refractivity contribution in [2.75, 3.05) is 20.3 Å². The highest BCUT2D eigenvalue weighted by atomic mass is 19.3. The molecule has 1 aliphatic heterocycles. The second-order valence-corrected chi connectivity index (χ2v) is 6.76. The van der Waals surface area contributed by atoms with Gasteiger partial charge >= 0.3 is 6.61 Å². The zero-order valence-corrected chi connectivity index (χ0v) is 16.2. The number of halogens is 2. The first-order chi connectivity index (χ1) is 14.1. The number of benzene rings is 1. The number of hydrogen-bond acceptors (Lipinski definition) is 5. The molecular formula is C20H25F2N3O4. The van der Waals surface area contributed by atoms with Crippen LogP contribution in [-0.4, -0.2) is 42.6 Å². The van der Waals surface area contributed by atoms with Gasteiger partial charge in [0.25, 0.3) is 0 Å². The van der Waals surface area contributed by atoms with Crippen LogP contribution in [0.2, 0.25) is 0 Å². The third-order valence-corrected chi connectivity index (χ3v) is 4.78. The first kappa shape index (κ1) is 21.2. The highest BCUT2D eigenvalue weighted by Crippen LogP contribution is 2.34. The Morgan fingerprint density at radius 1 is 1.41 bits per heavy atom. The van der Waals surface area contributed by atoms with E-state index < -0.39 is 6.61 Å². The molecule has 2 aromatic rings. The molecule has 1 aromatic carbocycles. The molecule has 1 saturated heterocycles. The summed E-state index contributed by atoms with van der Waals surface area (Å²) >= 11 is 0. The van der Waals surface area contributed by atoms with Crippen molar-refractivity contribution >= 4 is 5.91 Å². The normalized spacial score (nSPS) is 18.9. The van der Waals surface area contributed by atoms with Gasteiger partial charge in [0.2, 0.25) is 5.91 Å². The average Bonchev–Trinajstić information content (AvgIpc) is 3.35. The van der Waals surface area contributed by atoms with Crippen LogP contribution in [0.1, 0.15) is 30.2 Å². The van der Waals surface area contributed by atoms with Gasteiger partial charge in [0.05, 0.1) is 11.6 Å². The fourth-order valence-corrected chi connectivity index (χ4v) is 3.43. The van der Waals surface area contributed by atoms with Gasteiger partial charge in [0.1, 0.15) is 11.9 Å². The molecule has 2 atom stereocenters. The summed E-state index contributed by atoms with van der Waals surface area (Å²) in [7, 11) is 1.65. The molecule has 1 aliphatic rings. The number of alkyl halides is 2. The molecule has 0 aliphatic carbocycles. The fraction of sp³-hybridized carbons (Fsp3) is 0.500. The van der Waals surface area contributed by atoms with Gasteiger partial charge in [-0.15, -0.1) is 0 Å². The van der Waals surface area contributed by atoms with Crippen LogP contribution < -0.4 is 10.1 Å². The summed E-state index contributed by atoms with van der Waals surface area (Å²) in [5, 5.41) is 7.20. The lowest BCUT2D eigenvalue weighted by molar-refractivity contribution is -0.127. The first-order valence-corrected chi connectivity index (χ1v) is 9.52. The van der Waals surface area contributed by atoms with Crippen molar-refractivity contribution in [3.8, 4) is 5.75 Å². The number of rotatable bonds is 10. The van der Waals surface area contributed by atoms with Crippen LogP contribution in [0.15, 0.2) is 36.5 Å². The average molecular weight is 409 g/mol. The van der Waals surface area contributed by atoms with E-state index in [1.54, 1.807) is 25.4 Å². The molecule has 1 aromatic heterocycles. The zero-order valence-electron chi connectivity index (χ0n) is 16.2. The molecule has 0 spiro atoms. The molecule has 158 valence electrons. The zero-order chi connectivity index (χ0) is 20.6. The van der Waals surface area contributed by atoms with Crippen LogP contribution in [0.25, 0.3) is 0 Å². The van der Waals surface area contributed by atoms with E-state index in [1.165, 1.54) is 12.1 Å². The van der Waals surface area contributed by atoms with Crippen molar-refractivity contribution in [2.45, 2.75) is 38.6 Å². The Balaban J connectivity index is 1.60. The van der Waals surface area contributed by atoms with Crippen LogP contribution in [0, 0.1) is 5.92 Å².